The molecule has 2 rings (SSSR count). The third kappa shape index (κ3) is 3.43. The van der Waals surface area contributed by atoms with Crippen molar-refractivity contribution in [1.82, 2.24) is 9.88 Å². The van der Waals surface area contributed by atoms with E-state index < -0.39 is 6.10 Å². The van der Waals surface area contributed by atoms with Gasteiger partial charge in [0.15, 0.2) is 0 Å². The molecule has 5 heteroatoms. The Kier molecular flexibility index (Phi) is 4.33. The molecule has 0 aliphatic rings. The number of amides is 1. The van der Waals surface area contributed by atoms with Crippen LogP contribution in [0.3, 0.4) is 0 Å². The molecule has 5 nitrogen and oxygen atoms in total. The zero-order chi connectivity index (χ0) is 13.7. The lowest BCUT2D eigenvalue weighted by atomic mass is 10.2. The first kappa shape index (κ1) is 13.3. The Morgan fingerprint density at radius 1 is 1.21 bits per heavy atom. The molecule has 1 atom stereocenters. The fourth-order valence-corrected chi connectivity index (χ4v) is 1.67. The molecule has 1 unspecified atom stereocenters. The SMILES string of the molecule is O=C(NCC(O)CO)c1ccc(-n2cccc2)cc1. The Morgan fingerprint density at radius 2 is 1.84 bits per heavy atom. The van der Waals surface area contributed by atoms with Crippen molar-refractivity contribution in [1.29, 1.82) is 0 Å². The lowest BCUT2D eigenvalue weighted by Crippen LogP contribution is -2.33. The van der Waals surface area contributed by atoms with Gasteiger partial charge >= 0.3 is 0 Å². The van der Waals surface area contributed by atoms with Gasteiger partial charge in [-0.3, -0.25) is 4.79 Å². The van der Waals surface area contributed by atoms with E-state index in [9.17, 15) is 4.79 Å². The minimum Gasteiger partial charge on any atom is -0.394 e. The highest BCUT2D eigenvalue weighted by atomic mass is 16.3. The maximum atomic E-state index is 11.8. The van der Waals surface area contributed by atoms with Gasteiger partial charge in [0.25, 0.3) is 5.91 Å². The molecule has 1 heterocycles. The summed E-state index contributed by atoms with van der Waals surface area (Å²) >= 11 is 0. The predicted molar refractivity (Wildman–Crippen MR) is 71.2 cm³/mol. The highest BCUT2D eigenvalue weighted by Gasteiger charge is 2.08. The van der Waals surface area contributed by atoms with Gasteiger partial charge in [0, 0.05) is 30.2 Å². The topological polar surface area (TPSA) is 74.5 Å². The number of nitrogens with zero attached hydrogens (tertiary/aromatic N) is 1. The quantitative estimate of drug-likeness (QED) is 0.735. The molecule has 1 aromatic heterocycles. The maximum Gasteiger partial charge on any atom is 0.251 e. The molecule has 100 valence electrons. The van der Waals surface area contributed by atoms with Crippen molar-refractivity contribution in [3.8, 4) is 5.69 Å². The zero-order valence-corrected chi connectivity index (χ0v) is 10.4. The highest BCUT2D eigenvalue weighted by molar-refractivity contribution is 5.94. The van der Waals surface area contributed by atoms with Crippen LogP contribution in [0.2, 0.25) is 0 Å². The smallest absolute Gasteiger partial charge is 0.251 e. The van der Waals surface area contributed by atoms with Gasteiger partial charge in [-0.05, 0) is 36.4 Å². The van der Waals surface area contributed by atoms with E-state index in [0.717, 1.165) is 5.69 Å². The Labute approximate surface area is 111 Å². The Balaban J connectivity index is 2.00. The Morgan fingerprint density at radius 3 is 2.42 bits per heavy atom. The van der Waals surface area contributed by atoms with Crippen LogP contribution in [0.1, 0.15) is 10.4 Å². The van der Waals surface area contributed by atoms with E-state index in [2.05, 4.69) is 5.32 Å². The van der Waals surface area contributed by atoms with Gasteiger partial charge in [-0.25, -0.2) is 0 Å². The van der Waals surface area contributed by atoms with Crippen molar-refractivity contribution in [3.05, 3.63) is 54.4 Å². The molecular formula is C14H16N2O3. The van der Waals surface area contributed by atoms with E-state index in [1.165, 1.54) is 0 Å². The van der Waals surface area contributed by atoms with E-state index in [1.54, 1.807) is 12.1 Å². The molecule has 1 amide bonds. The van der Waals surface area contributed by atoms with Gasteiger partial charge < -0.3 is 20.1 Å². The average molecular weight is 260 g/mol. The first-order chi connectivity index (χ1) is 9.20. The summed E-state index contributed by atoms with van der Waals surface area (Å²) in [6.07, 6.45) is 2.92. The van der Waals surface area contributed by atoms with E-state index >= 15 is 0 Å². The van der Waals surface area contributed by atoms with Crippen LogP contribution in [0.25, 0.3) is 5.69 Å². The van der Waals surface area contributed by atoms with Crippen LogP contribution >= 0.6 is 0 Å². The molecule has 2 aromatic rings. The van der Waals surface area contributed by atoms with Gasteiger partial charge in [-0.15, -0.1) is 0 Å². The molecule has 0 aliphatic carbocycles. The fraction of sp³-hybridized carbons (Fsp3) is 0.214. The molecule has 0 aliphatic heterocycles. The minimum absolute atomic E-state index is 0.0364. The lowest BCUT2D eigenvalue weighted by Gasteiger charge is -2.09. The van der Waals surface area contributed by atoms with Gasteiger partial charge in [0.2, 0.25) is 0 Å². The number of aliphatic hydroxyl groups excluding tert-OH is 2. The third-order valence-electron chi connectivity index (χ3n) is 2.74. The minimum atomic E-state index is -0.928. The molecule has 0 saturated heterocycles. The van der Waals surface area contributed by atoms with Crippen LogP contribution < -0.4 is 5.32 Å². The standard InChI is InChI=1S/C14H16N2O3/c17-10-13(18)9-15-14(19)11-3-5-12(6-4-11)16-7-1-2-8-16/h1-8,13,17-18H,9-10H2,(H,15,19). The molecule has 3 N–H and O–H groups in total. The molecule has 0 fully saturated rings. The summed E-state index contributed by atoms with van der Waals surface area (Å²) in [5.74, 6) is -0.272. The summed E-state index contributed by atoms with van der Waals surface area (Å²) < 4.78 is 1.94. The van der Waals surface area contributed by atoms with Gasteiger partial charge in [0.1, 0.15) is 0 Å². The largest absolute Gasteiger partial charge is 0.394 e. The van der Waals surface area contributed by atoms with Crippen molar-refractivity contribution in [2.45, 2.75) is 6.10 Å². The van der Waals surface area contributed by atoms with E-state index in [-0.39, 0.29) is 19.1 Å². The van der Waals surface area contributed by atoms with E-state index in [0.29, 0.717) is 5.56 Å². The van der Waals surface area contributed by atoms with Crippen LogP contribution in [-0.2, 0) is 0 Å². The number of benzene rings is 1. The normalized spacial score (nSPS) is 12.1. The molecule has 0 spiro atoms. The van der Waals surface area contributed by atoms with Gasteiger partial charge in [-0.2, -0.15) is 0 Å². The third-order valence-corrected chi connectivity index (χ3v) is 2.74. The predicted octanol–water partition coefficient (Wildman–Crippen LogP) is 0.560. The molecule has 0 radical (unpaired) electrons. The molecule has 1 aromatic carbocycles. The van der Waals surface area contributed by atoms with Crippen LogP contribution in [-0.4, -0.2) is 39.9 Å². The second-order valence-electron chi connectivity index (χ2n) is 4.18. The van der Waals surface area contributed by atoms with Crippen molar-refractivity contribution in [2.75, 3.05) is 13.2 Å². The summed E-state index contributed by atoms with van der Waals surface area (Å²) in [5.41, 5.74) is 1.48. The maximum absolute atomic E-state index is 11.8. The number of carbonyl (C=O) groups excluding carboxylic acids is 1. The fourth-order valence-electron chi connectivity index (χ4n) is 1.67. The number of rotatable bonds is 5. The van der Waals surface area contributed by atoms with Gasteiger partial charge in [-0.1, -0.05) is 0 Å². The number of hydrogen-bond acceptors (Lipinski definition) is 3. The molecular weight excluding hydrogens is 244 g/mol. The summed E-state index contributed by atoms with van der Waals surface area (Å²) in [6, 6.07) is 11.0. The van der Waals surface area contributed by atoms with Crippen molar-refractivity contribution < 1.29 is 15.0 Å². The second kappa shape index (κ2) is 6.17. The number of aliphatic hydroxyl groups is 2. The first-order valence-electron chi connectivity index (χ1n) is 6.01. The van der Waals surface area contributed by atoms with Crippen molar-refractivity contribution >= 4 is 5.91 Å². The zero-order valence-electron chi connectivity index (χ0n) is 10.4. The summed E-state index contributed by atoms with van der Waals surface area (Å²) in [5, 5.41) is 20.4. The van der Waals surface area contributed by atoms with E-state index in [1.807, 2.05) is 41.2 Å². The Bertz CT molecular complexity index is 520. The number of nitrogens with one attached hydrogen (secondary N) is 1. The summed E-state index contributed by atoms with van der Waals surface area (Å²) in [6.45, 7) is -0.332. The van der Waals surface area contributed by atoms with Crippen molar-refractivity contribution in [3.63, 3.8) is 0 Å². The molecule has 19 heavy (non-hydrogen) atoms. The lowest BCUT2D eigenvalue weighted by molar-refractivity contribution is 0.0802. The van der Waals surface area contributed by atoms with E-state index in [4.69, 9.17) is 10.2 Å². The van der Waals surface area contributed by atoms with Crippen LogP contribution in [0.15, 0.2) is 48.8 Å². The number of aromatic nitrogens is 1. The Hall–Kier alpha value is -2.11. The van der Waals surface area contributed by atoms with Crippen molar-refractivity contribution in [2.24, 2.45) is 0 Å². The molecule has 0 saturated carbocycles. The first-order valence-corrected chi connectivity index (χ1v) is 6.01. The number of hydrogen-bond donors (Lipinski definition) is 3. The summed E-state index contributed by atoms with van der Waals surface area (Å²) in [4.78, 5) is 11.8. The average Bonchev–Trinajstić information content (AvgIpc) is 2.98. The second-order valence-corrected chi connectivity index (χ2v) is 4.18. The highest BCUT2D eigenvalue weighted by Crippen LogP contribution is 2.09. The van der Waals surface area contributed by atoms with Crippen LogP contribution in [0, 0.1) is 0 Å². The molecule has 0 bridgehead atoms. The monoisotopic (exact) mass is 260 g/mol. The van der Waals surface area contributed by atoms with Crippen LogP contribution in [0.4, 0.5) is 0 Å². The summed E-state index contributed by atoms with van der Waals surface area (Å²) in [7, 11) is 0. The van der Waals surface area contributed by atoms with Crippen LogP contribution in [0.5, 0.6) is 0 Å². The number of carbonyl (C=O) groups is 1. The van der Waals surface area contributed by atoms with Gasteiger partial charge in [0.05, 0.1) is 12.7 Å².